The summed E-state index contributed by atoms with van der Waals surface area (Å²) in [5.41, 5.74) is 0. The summed E-state index contributed by atoms with van der Waals surface area (Å²) in [6.45, 7) is 24.9. The predicted octanol–water partition coefficient (Wildman–Crippen LogP) is 3.68. The lowest BCUT2D eigenvalue weighted by Crippen LogP contribution is -2.52. The number of ether oxygens (including phenoxy) is 6. The van der Waals surface area contributed by atoms with Crippen LogP contribution < -0.4 is 0 Å². The number of hydrogen-bond acceptors (Lipinski definition) is 6. The highest BCUT2D eigenvalue weighted by Crippen LogP contribution is 2.20. The van der Waals surface area contributed by atoms with Crippen molar-refractivity contribution in [1.82, 2.24) is 0 Å². The van der Waals surface area contributed by atoms with Gasteiger partial charge in [-0.3, -0.25) is 0 Å². The van der Waals surface area contributed by atoms with Crippen molar-refractivity contribution in [3.05, 3.63) is 75.9 Å². The van der Waals surface area contributed by atoms with E-state index in [0.29, 0.717) is 39.6 Å². The third-order valence-electron chi connectivity index (χ3n) is 3.76. The molecule has 6 heteroatoms. The molecule has 0 rings (SSSR count). The molecule has 30 heavy (non-hydrogen) atoms. The van der Waals surface area contributed by atoms with Crippen LogP contribution in [0.3, 0.4) is 0 Å². The molecule has 0 saturated heterocycles. The van der Waals surface area contributed by atoms with Crippen LogP contribution >= 0.6 is 0 Å². The molecule has 0 aliphatic rings. The van der Waals surface area contributed by atoms with Gasteiger partial charge in [0.1, 0.15) is 24.4 Å². The van der Waals surface area contributed by atoms with Crippen LogP contribution in [0.4, 0.5) is 0 Å². The highest BCUT2D eigenvalue weighted by atomic mass is 16.6. The normalized spacial score (nSPS) is 14.8. The van der Waals surface area contributed by atoms with E-state index in [9.17, 15) is 0 Å². The number of rotatable bonds is 23. The summed E-state index contributed by atoms with van der Waals surface area (Å²) < 4.78 is 35.4. The topological polar surface area (TPSA) is 55.4 Å². The Balaban J connectivity index is 5.78. The van der Waals surface area contributed by atoms with Crippen LogP contribution in [0, 0.1) is 0 Å². The van der Waals surface area contributed by atoms with Gasteiger partial charge in [-0.25, -0.2) is 0 Å². The van der Waals surface area contributed by atoms with E-state index in [-0.39, 0.29) is 13.2 Å². The van der Waals surface area contributed by atoms with Gasteiger partial charge in [-0.1, -0.05) is 36.5 Å². The summed E-state index contributed by atoms with van der Waals surface area (Å²) in [5.74, 6) is 0. The SMILES string of the molecule is C=CCOCC(OCC=C)C(OCC=C)C(OCC=C)C(COCC=C)OCC=C. The third-order valence-corrected chi connectivity index (χ3v) is 3.76. The fourth-order valence-electron chi connectivity index (χ4n) is 2.58. The molecule has 170 valence electrons. The van der Waals surface area contributed by atoms with Crippen LogP contribution in [-0.4, -0.2) is 77.3 Å². The van der Waals surface area contributed by atoms with Crippen LogP contribution in [0.1, 0.15) is 0 Å². The zero-order valence-corrected chi connectivity index (χ0v) is 18.1. The predicted molar refractivity (Wildman–Crippen MR) is 122 cm³/mol. The summed E-state index contributed by atoms with van der Waals surface area (Å²) in [6.07, 6.45) is 8.06. The first-order valence-electron chi connectivity index (χ1n) is 9.97. The smallest absolute Gasteiger partial charge is 0.115 e. The molecule has 0 N–H and O–H groups in total. The largest absolute Gasteiger partial charge is 0.375 e. The van der Waals surface area contributed by atoms with Gasteiger partial charge in [0.15, 0.2) is 0 Å². The molecule has 0 amide bonds. The second kappa shape index (κ2) is 20.5. The van der Waals surface area contributed by atoms with E-state index in [4.69, 9.17) is 28.4 Å². The molecule has 4 atom stereocenters. The van der Waals surface area contributed by atoms with E-state index in [0.717, 1.165) is 0 Å². The molecule has 0 heterocycles. The maximum Gasteiger partial charge on any atom is 0.115 e. The van der Waals surface area contributed by atoms with Crippen molar-refractivity contribution in [2.24, 2.45) is 0 Å². The Morgan fingerprint density at radius 2 is 0.733 bits per heavy atom. The summed E-state index contributed by atoms with van der Waals surface area (Å²) >= 11 is 0. The lowest BCUT2D eigenvalue weighted by Gasteiger charge is -2.37. The molecule has 0 saturated carbocycles. The van der Waals surface area contributed by atoms with Crippen LogP contribution in [0.15, 0.2) is 75.9 Å². The molecule has 0 spiro atoms. The standard InChI is InChI=1S/C24H38O6/c1-7-13-25-19-21(27-15-9-3)23(29-17-11-5)24(30-18-12-6)22(28-16-10-4)20-26-14-8-2/h7-12,21-24H,1-6,13-20H2. The van der Waals surface area contributed by atoms with E-state index in [2.05, 4.69) is 39.5 Å². The van der Waals surface area contributed by atoms with Gasteiger partial charge in [-0.05, 0) is 0 Å². The van der Waals surface area contributed by atoms with Crippen molar-refractivity contribution < 1.29 is 28.4 Å². The average Bonchev–Trinajstić information content (AvgIpc) is 2.76. The minimum absolute atomic E-state index is 0.275. The van der Waals surface area contributed by atoms with Gasteiger partial charge in [-0.2, -0.15) is 0 Å². The minimum Gasteiger partial charge on any atom is -0.375 e. The molecule has 0 aliphatic carbocycles. The molecule has 6 nitrogen and oxygen atoms in total. The Hall–Kier alpha value is -1.80. The molecular weight excluding hydrogens is 384 g/mol. The second-order valence-corrected chi connectivity index (χ2v) is 6.15. The number of hydrogen-bond donors (Lipinski definition) is 0. The van der Waals surface area contributed by atoms with Crippen LogP contribution in [0.2, 0.25) is 0 Å². The fraction of sp³-hybridized carbons (Fsp3) is 0.500. The summed E-state index contributed by atoms with van der Waals surface area (Å²) in [5, 5.41) is 0. The van der Waals surface area contributed by atoms with Gasteiger partial charge >= 0.3 is 0 Å². The zero-order chi connectivity index (χ0) is 22.5. The molecular formula is C24H38O6. The molecule has 0 aromatic heterocycles. The first kappa shape index (κ1) is 28.2. The maximum atomic E-state index is 6.08. The van der Waals surface area contributed by atoms with Gasteiger partial charge in [0.2, 0.25) is 0 Å². The van der Waals surface area contributed by atoms with Crippen molar-refractivity contribution in [2.45, 2.75) is 24.4 Å². The zero-order valence-electron chi connectivity index (χ0n) is 18.1. The summed E-state index contributed by atoms with van der Waals surface area (Å²) in [6, 6.07) is 0. The monoisotopic (exact) mass is 422 g/mol. The van der Waals surface area contributed by atoms with E-state index in [1.807, 2.05) is 0 Å². The van der Waals surface area contributed by atoms with Crippen molar-refractivity contribution in [3.8, 4) is 0 Å². The van der Waals surface area contributed by atoms with Gasteiger partial charge in [0.05, 0.1) is 52.9 Å². The highest BCUT2D eigenvalue weighted by Gasteiger charge is 2.38. The summed E-state index contributed by atoms with van der Waals surface area (Å²) in [4.78, 5) is 0. The van der Waals surface area contributed by atoms with Crippen molar-refractivity contribution in [1.29, 1.82) is 0 Å². The Bertz CT molecular complexity index is 446. The van der Waals surface area contributed by atoms with Gasteiger partial charge in [0.25, 0.3) is 0 Å². The van der Waals surface area contributed by atoms with E-state index < -0.39 is 24.4 Å². The molecule has 0 bridgehead atoms. The highest BCUT2D eigenvalue weighted by molar-refractivity contribution is 4.90. The molecule has 0 radical (unpaired) electrons. The average molecular weight is 423 g/mol. The molecule has 0 fully saturated rings. The Morgan fingerprint density at radius 1 is 0.433 bits per heavy atom. The lowest BCUT2D eigenvalue weighted by atomic mass is 10.0. The van der Waals surface area contributed by atoms with Crippen LogP contribution in [-0.2, 0) is 28.4 Å². The Morgan fingerprint density at radius 3 is 1.03 bits per heavy atom. The Kier molecular flexibility index (Phi) is 19.2. The van der Waals surface area contributed by atoms with Gasteiger partial charge < -0.3 is 28.4 Å². The van der Waals surface area contributed by atoms with Crippen molar-refractivity contribution in [3.63, 3.8) is 0 Å². The van der Waals surface area contributed by atoms with Gasteiger partial charge in [0, 0.05) is 0 Å². The first-order valence-corrected chi connectivity index (χ1v) is 9.97. The van der Waals surface area contributed by atoms with Crippen molar-refractivity contribution in [2.75, 3.05) is 52.9 Å². The molecule has 0 aromatic rings. The van der Waals surface area contributed by atoms with E-state index in [1.54, 1.807) is 36.5 Å². The fourth-order valence-corrected chi connectivity index (χ4v) is 2.58. The second-order valence-electron chi connectivity index (χ2n) is 6.15. The van der Waals surface area contributed by atoms with Crippen molar-refractivity contribution >= 4 is 0 Å². The lowest BCUT2D eigenvalue weighted by molar-refractivity contribution is -0.185. The molecule has 4 unspecified atom stereocenters. The Labute approximate surface area is 182 Å². The van der Waals surface area contributed by atoms with E-state index in [1.165, 1.54) is 0 Å². The minimum atomic E-state index is -0.533. The van der Waals surface area contributed by atoms with E-state index >= 15 is 0 Å². The third kappa shape index (κ3) is 12.7. The van der Waals surface area contributed by atoms with Gasteiger partial charge in [-0.15, -0.1) is 39.5 Å². The molecule has 0 aromatic carbocycles. The maximum absolute atomic E-state index is 6.08. The molecule has 0 aliphatic heterocycles. The first-order chi connectivity index (χ1) is 14.7. The van der Waals surface area contributed by atoms with Crippen LogP contribution in [0.5, 0.6) is 0 Å². The summed E-state index contributed by atoms with van der Waals surface area (Å²) in [7, 11) is 0. The van der Waals surface area contributed by atoms with Crippen LogP contribution in [0.25, 0.3) is 0 Å². The quantitative estimate of drug-likeness (QED) is 0.185.